The molecule has 0 saturated heterocycles. The summed E-state index contributed by atoms with van der Waals surface area (Å²) in [5.41, 5.74) is 0.660. The summed E-state index contributed by atoms with van der Waals surface area (Å²) >= 11 is 0. The summed E-state index contributed by atoms with van der Waals surface area (Å²) in [6.45, 7) is 0. The Bertz CT molecular complexity index is 356. The van der Waals surface area contributed by atoms with Gasteiger partial charge in [0.05, 0.1) is 0 Å². The molecule has 0 aromatic carbocycles. The molecule has 0 spiro atoms. The molecule has 5 nitrogen and oxygen atoms in total. The Kier molecular flexibility index (Phi) is 0.858. The summed E-state index contributed by atoms with van der Waals surface area (Å²) in [5, 5.41) is 10.8. The van der Waals surface area contributed by atoms with E-state index in [4.69, 9.17) is 4.42 Å². The number of hydrogen-bond donors (Lipinski definition) is 0. The Hall–Kier alpha value is -1.65. The molecule has 2 heterocycles. The first-order valence-corrected chi connectivity index (χ1v) is 2.64. The van der Waals surface area contributed by atoms with Crippen LogP contribution >= 0.6 is 0 Å². The van der Waals surface area contributed by atoms with Gasteiger partial charge in [0.15, 0.2) is 18.1 Å². The highest BCUT2D eigenvalue weighted by atomic mass is 16.5. The van der Waals surface area contributed by atoms with E-state index in [-0.39, 0.29) is 5.71 Å². The first-order chi connectivity index (χ1) is 4.88. The minimum atomic E-state index is 0.190. The van der Waals surface area contributed by atoms with Gasteiger partial charge in [-0.2, -0.15) is 0 Å². The molecule has 50 valence electrons. The molecule has 2 aromatic rings. The van der Waals surface area contributed by atoms with E-state index >= 15 is 0 Å². The van der Waals surface area contributed by atoms with Crippen molar-refractivity contribution in [1.82, 2.24) is 9.97 Å². The molecule has 0 bridgehead atoms. The van der Waals surface area contributed by atoms with Gasteiger partial charge < -0.3 is 9.62 Å². The fourth-order valence-corrected chi connectivity index (χ4v) is 0.719. The van der Waals surface area contributed by atoms with E-state index in [1.54, 1.807) is 0 Å². The van der Waals surface area contributed by atoms with Gasteiger partial charge >= 0.3 is 5.71 Å². The average molecular weight is 137 g/mol. The van der Waals surface area contributed by atoms with Crippen molar-refractivity contribution in [3.63, 3.8) is 0 Å². The van der Waals surface area contributed by atoms with Crippen LogP contribution in [0.1, 0.15) is 0 Å². The molecule has 0 N–H and O–H groups in total. The molecule has 0 aliphatic carbocycles. The van der Waals surface area contributed by atoms with Crippen molar-refractivity contribution in [1.29, 1.82) is 0 Å². The van der Waals surface area contributed by atoms with Crippen molar-refractivity contribution in [2.24, 2.45) is 0 Å². The quantitative estimate of drug-likeness (QED) is 0.374. The van der Waals surface area contributed by atoms with Crippen LogP contribution < -0.4 is 4.73 Å². The standard InChI is InChI=1S/C5H3N3O2/c9-8-2-6-1-4-5(8)10-3-7-4/h1-3H. The first-order valence-electron chi connectivity index (χ1n) is 2.64. The Morgan fingerprint density at radius 1 is 1.60 bits per heavy atom. The zero-order chi connectivity index (χ0) is 6.97. The highest BCUT2D eigenvalue weighted by Crippen LogP contribution is 2.02. The van der Waals surface area contributed by atoms with Gasteiger partial charge in [-0.05, 0) is 0 Å². The SMILES string of the molecule is [O-][n+]1cncc2ncoc21. The third-order valence-corrected chi connectivity index (χ3v) is 1.14. The zero-order valence-corrected chi connectivity index (χ0v) is 4.89. The molecular weight excluding hydrogens is 134 g/mol. The minimum Gasteiger partial charge on any atom is -0.708 e. The van der Waals surface area contributed by atoms with Crippen molar-refractivity contribution < 1.29 is 9.15 Å². The minimum absolute atomic E-state index is 0.190. The van der Waals surface area contributed by atoms with Gasteiger partial charge in [-0.25, -0.2) is 9.71 Å². The number of hydrogen-bond acceptors (Lipinski definition) is 4. The Morgan fingerprint density at radius 2 is 2.50 bits per heavy atom. The fraction of sp³-hybridized carbons (Fsp3) is 0. The summed E-state index contributed by atoms with van der Waals surface area (Å²) in [4.78, 5) is 7.34. The smallest absolute Gasteiger partial charge is 0.324 e. The summed E-state index contributed by atoms with van der Waals surface area (Å²) in [7, 11) is 0. The van der Waals surface area contributed by atoms with Crippen molar-refractivity contribution >= 4 is 11.2 Å². The van der Waals surface area contributed by atoms with Crippen molar-refractivity contribution in [3.8, 4) is 0 Å². The number of nitrogens with zero attached hydrogens (tertiary/aromatic N) is 3. The largest absolute Gasteiger partial charge is 0.708 e. The summed E-state index contributed by atoms with van der Waals surface area (Å²) in [6, 6.07) is 0. The lowest BCUT2D eigenvalue weighted by Gasteiger charge is -1.94. The number of oxazole rings is 1. The van der Waals surface area contributed by atoms with E-state index in [0.717, 1.165) is 6.33 Å². The zero-order valence-electron chi connectivity index (χ0n) is 4.89. The first kappa shape index (κ1) is 5.16. The maximum Gasteiger partial charge on any atom is 0.324 e. The van der Waals surface area contributed by atoms with Gasteiger partial charge in [0, 0.05) is 0 Å². The predicted octanol–water partition coefficient (Wildman–Crippen LogP) is -0.144. The fourth-order valence-electron chi connectivity index (χ4n) is 0.719. The molecule has 10 heavy (non-hydrogen) atoms. The van der Waals surface area contributed by atoms with Crippen LogP contribution in [0, 0.1) is 5.21 Å². The van der Waals surface area contributed by atoms with E-state index in [2.05, 4.69) is 9.97 Å². The second-order valence-electron chi connectivity index (χ2n) is 1.76. The van der Waals surface area contributed by atoms with Gasteiger partial charge in [0.1, 0.15) is 0 Å². The van der Waals surface area contributed by atoms with Crippen LogP contribution in [0.25, 0.3) is 11.2 Å². The van der Waals surface area contributed by atoms with E-state index in [1.807, 2.05) is 0 Å². The van der Waals surface area contributed by atoms with Crippen LogP contribution in [0.4, 0.5) is 0 Å². The van der Waals surface area contributed by atoms with Crippen molar-refractivity contribution in [2.75, 3.05) is 0 Å². The Balaban J connectivity index is 2.95. The van der Waals surface area contributed by atoms with E-state index in [9.17, 15) is 5.21 Å². The van der Waals surface area contributed by atoms with Gasteiger partial charge in [-0.15, -0.1) is 0 Å². The summed E-state index contributed by atoms with van der Waals surface area (Å²) in [5.74, 6) is 0. The van der Waals surface area contributed by atoms with Crippen molar-refractivity contribution in [3.05, 3.63) is 24.1 Å². The molecular formula is C5H3N3O2. The lowest BCUT2D eigenvalue weighted by molar-refractivity contribution is -0.588. The lowest BCUT2D eigenvalue weighted by atomic mass is 10.6. The van der Waals surface area contributed by atoms with Gasteiger partial charge in [-0.3, -0.25) is 0 Å². The van der Waals surface area contributed by atoms with Crippen LogP contribution in [-0.4, -0.2) is 9.97 Å². The molecule has 2 rings (SSSR count). The van der Waals surface area contributed by atoms with Crippen LogP contribution in [0.15, 0.2) is 23.3 Å². The van der Waals surface area contributed by atoms with Gasteiger partial charge in [0.25, 0.3) is 6.33 Å². The van der Waals surface area contributed by atoms with Gasteiger partial charge in [0.2, 0.25) is 0 Å². The third kappa shape index (κ3) is 0.540. The number of rotatable bonds is 0. The molecule has 0 radical (unpaired) electrons. The molecule has 0 unspecified atom stereocenters. The normalized spacial score (nSPS) is 10.4. The highest BCUT2D eigenvalue weighted by molar-refractivity contribution is 5.61. The highest BCUT2D eigenvalue weighted by Gasteiger charge is 2.03. The molecule has 0 aliphatic heterocycles. The Morgan fingerprint density at radius 3 is 3.30 bits per heavy atom. The molecule has 0 saturated carbocycles. The van der Waals surface area contributed by atoms with E-state index in [0.29, 0.717) is 10.2 Å². The molecule has 0 fully saturated rings. The second-order valence-corrected chi connectivity index (χ2v) is 1.76. The van der Waals surface area contributed by atoms with Crippen molar-refractivity contribution in [2.45, 2.75) is 0 Å². The third-order valence-electron chi connectivity index (χ3n) is 1.14. The molecule has 0 atom stereocenters. The summed E-state index contributed by atoms with van der Waals surface area (Å²) < 4.78 is 5.28. The lowest BCUT2D eigenvalue weighted by Crippen LogP contribution is -2.26. The van der Waals surface area contributed by atoms with E-state index < -0.39 is 0 Å². The number of fused-ring (bicyclic) bond motifs is 1. The predicted molar refractivity (Wildman–Crippen MR) is 30.8 cm³/mol. The summed E-state index contributed by atoms with van der Waals surface area (Å²) in [6.07, 6.45) is 3.79. The monoisotopic (exact) mass is 137 g/mol. The van der Waals surface area contributed by atoms with Crippen LogP contribution in [0.5, 0.6) is 0 Å². The molecule has 5 heteroatoms. The topological polar surface area (TPSA) is 65.9 Å². The maximum atomic E-state index is 10.8. The van der Waals surface area contributed by atoms with E-state index in [1.165, 1.54) is 12.6 Å². The van der Waals surface area contributed by atoms with Crippen LogP contribution in [-0.2, 0) is 0 Å². The average Bonchev–Trinajstić information content (AvgIpc) is 2.36. The van der Waals surface area contributed by atoms with Crippen LogP contribution in [0.3, 0.4) is 0 Å². The van der Waals surface area contributed by atoms with Gasteiger partial charge in [-0.1, -0.05) is 4.98 Å². The second kappa shape index (κ2) is 1.66. The molecule has 0 amide bonds. The number of aromatic nitrogens is 3. The molecule has 0 aliphatic rings. The molecule has 2 aromatic heterocycles. The Labute approximate surface area is 55.5 Å². The maximum absolute atomic E-state index is 10.8. The van der Waals surface area contributed by atoms with Crippen LogP contribution in [0.2, 0.25) is 0 Å².